The summed E-state index contributed by atoms with van der Waals surface area (Å²) >= 11 is 0. The minimum Gasteiger partial charge on any atom is -0.369 e. The average Bonchev–Trinajstić information content (AvgIpc) is 2.84. The van der Waals surface area contributed by atoms with Crippen molar-refractivity contribution >= 4 is 5.95 Å². The Labute approximate surface area is 128 Å². The Morgan fingerprint density at radius 2 is 1.71 bits per heavy atom. The van der Waals surface area contributed by atoms with Gasteiger partial charge in [-0.05, 0) is 12.0 Å². The number of rotatable bonds is 9. The van der Waals surface area contributed by atoms with Crippen LogP contribution in [0.1, 0.15) is 56.7 Å². The van der Waals surface area contributed by atoms with E-state index >= 15 is 0 Å². The van der Waals surface area contributed by atoms with Crippen LogP contribution in [0.15, 0.2) is 36.5 Å². The van der Waals surface area contributed by atoms with Gasteiger partial charge in [0.25, 0.3) is 0 Å². The number of unbranched alkanes of at least 4 members (excludes halogenated alkanes) is 5. The van der Waals surface area contributed by atoms with Gasteiger partial charge in [0.15, 0.2) is 5.95 Å². The Morgan fingerprint density at radius 1 is 1.00 bits per heavy atom. The highest BCUT2D eigenvalue weighted by Crippen LogP contribution is 2.13. The molecule has 0 fully saturated rings. The van der Waals surface area contributed by atoms with Crippen molar-refractivity contribution in [2.45, 2.75) is 58.4 Å². The van der Waals surface area contributed by atoms with Gasteiger partial charge in [-0.1, -0.05) is 69.4 Å². The molecule has 0 unspecified atom stereocenters. The van der Waals surface area contributed by atoms with Crippen molar-refractivity contribution < 1.29 is 0 Å². The van der Waals surface area contributed by atoms with Crippen LogP contribution in [0.25, 0.3) is 0 Å². The highest BCUT2D eigenvalue weighted by atomic mass is 15.1. The van der Waals surface area contributed by atoms with Crippen LogP contribution < -0.4 is 5.73 Å². The first-order chi connectivity index (χ1) is 10.3. The number of hydrogen-bond acceptors (Lipinski definition) is 2. The summed E-state index contributed by atoms with van der Waals surface area (Å²) in [7, 11) is 0. The van der Waals surface area contributed by atoms with Crippen molar-refractivity contribution in [1.82, 2.24) is 9.55 Å². The number of imidazole rings is 1. The molecule has 0 aliphatic rings. The second-order valence-electron chi connectivity index (χ2n) is 5.71. The number of anilines is 1. The highest BCUT2D eigenvalue weighted by molar-refractivity contribution is 5.27. The van der Waals surface area contributed by atoms with E-state index in [1.165, 1.54) is 44.1 Å². The van der Waals surface area contributed by atoms with Crippen LogP contribution in [0, 0.1) is 0 Å². The van der Waals surface area contributed by atoms with Crippen LogP contribution >= 0.6 is 0 Å². The minimum atomic E-state index is 0.648. The van der Waals surface area contributed by atoms with Crippen molar-refractivity contribution in [2.24, 2.45) is 0 Å². The largest absolute Gasteiger partial charge is 0.369 e. The third kappa shape index (κ3) is 5.25. The Hall–Kier alpha value is -1.77. The molecule has 0 radical (unpaired) electrons. The van der Waals surface area contributed by atoms with Crippen LogP contribution in [0.2, 0.25) is 0 Å². The van der Waals surface area contributed by atoms with Gasteiger partial charge in [-0.15, -0.1) is 0 Å². The first kappa shape index (κ1) is 15.6. The van der Waals surface area contributed by atoms with E-state index in [0.717, 1.165) is 18.7 Å². The van der Waals surface area contributed by atoms with Gasteiger partial charge < -0.3 is 10.3 Å². The zero-order chi connectivity index (χ0) is 14.9. The standard InChI is InChI=1S/C18H27N3/c1-2-3-4-5-6-10-13-21-15-17(20-18(21)19)14-16-11-8-7-9-12-16/h7-9,11-12,15H,2-6,10,13-14H2,1H3,(H2,19,20). The molecule has 1 aromatic heterocycles. The van der Waals surface area contributed by atoms with Gasteiger partial charge in [-0.2, -0.15) is 0 Å². The lowest BCUT2D eigenvalue weighted by molar-refractivity contribution is 0.561. The molecular weight excluding hydrogens is 258 g/mol. The van der Waals surface area contributed by atoms with E-state index in [1.54, 1.807) is 0 Å². The Kier molecular flexibility index (Phi) is 6.32. The van der Waals surface area contributed by atoms with E-state index in [4.69, 9.17) is 5.73 Å². The summed E-state index contributed by atoms with van der Waals surface area (Å²) < 4.78 is 2.10. The molecule has 21 heavy (non-hydrogen) atoms. The molecule has 2 N–H and O–H groups in total. The molecule has 0 saturated heterocycles. The lowest BCUT2D eigenvalue weighted by Crippen LogP contribution is -2.02. The zero-order valence-electron chi connectivity index (χ0n) is 13.1. The summed E-state index contributed by atoms with van der Waals surface area (Å²) in [6.07, 6.45) is 10.8. The van der Waals surface area contributed by atoms with Gasteiger partial charge in [0.05, 0.1) is 5.69 Å². The molecule has 2 aromatic rings. The van der Waals surface area contributed by atoms with Gasteiger partial charge in [0.2, 0.25) is 0 Å². The topological polar surface area (TPSA) is 43.8 Å². The molecule has 3 heteroatoms. The first-order valence-electron chi connectivity index (χ1n) is 8.15. The molecular formula is C18H27N3. The fourth-order valence-corrected chi connectivity index (χ4v) is 2.62. The number of hydrogen-bond donors (Lipinski definition) is 1. The van der Waals surface area contributed by atoms with Crippen molar-refractivity contribution in [3.63, 3.8) is 0 Å². The van der Waals surface area contributed by atoms with E-state index in [1.807, 2.05) is 6.07 Å². The summed E-state index contributed by atoms with van der Waals surface area (Å²) in [5.41, 5.74) is 8.35. The Bertz CT molecular complexity index is 517. The van der Waals surface area contributed by atoms with Gasteiger partial charge in [0.1, 0.15) is 0 Å². The van der Waals surface area contributed by atoms with Crippen molar-refractivity contribution in [3.05, 3.63) is 47.8 Å². The number of nitrogens with zero attached hydrogens (tertiary/aromatic N) is 2. The third-order valence-corrected chi connectivity index (χ3v) is 3.84. The maximum absolute atomic E-state index is 6.01. The normalized spacial score (nSPS) is 10.9. The summed E-state index contributed by atoms with van der Waals surface area (Å²) in [6, 6.07) is 10.4. The third-order valence-electron chi connectivity index (χ3n) is 3.84. The summed E-state index contributed by atoms with van der Waals surface area (Å²) in [5, 5.41) is 0. The smallest absolute Gasteiger partial charge is 0.200 e. The van der Waals surface area contributed by atoms with Crippen LogP contribution in [0.5, 0.6) is 0 Å². The second kappa shape index (κ2) is 8.50. The quantitative estimate of drug-likeness (QED) is 0.693. The molecule has 2 rings (SSSR count). The van der Waals surface area contributed by atoms with Gasteiger partial charge in [-0.3, -0.25) is 0 Å². The Balaban J connectivity index is 1.79. The average molecular weight is 285 g/mol. The highest BCUT2D eigenvalue weighted by Gasteiger charge is 2.05. The maximum Gasteiger partial charge on any atom is 0.200 e. The predicted octanol–water partition coefficient (Wildman–Crippen LogP) is 4.42. The molecule has 0 atom stereocenters. The fraction of sp³-hybridized carbons (Fsp3) is 0.500. The summed E-state index contributed by atoms with van der Waals surface area (Å²) in [6.45, 7) is 3.24. The molecule has 1 heterocycles. The molecule has 1 aromatic carbocycles. The molecule has 0 amide bonds. The Morgan fingerprint density at radius 3 is 2.48 bits per heavy atom. The molecule has 0 bridgehead atoms. The van der Waals surface area contributed by atoms with E-state index in [2.05, 4.69) is 46.9 Å². The summed E-state index contributed by atoms with van der Waals surface area (Å²) in [5.74, 6) is 0.648. The van der Waals surface area contributed by atoms with Crippen LogP contribution in [0.4, 0.5) is 5.95 Å². The molecule has 0 aliphatic carbocycles. The first-order valence-corrected chi connectivity index (χ1v) is 8.15. The van der Waals surface area contributed by atoms with Crippen LogP contribution in [0.3, 0.4) is 0 Å². The molecule has 114 valence electrons. The second-order valence-corrected chi connectivity index (χ2v) is 5.71. The van der Waals surface area contributed by atoms with Gasteiger partial charge >= 0.3 is 0 Å². The fourth-order valence-electron chi connectivity index (χ4n) is 2.62. The number of aromatic nitrogens is 2. The van der Waals surface area contributed by atoms with E-state index < -0.39 is 0 Å². The number of aryl methyl sites for hydroxylation is 1. The van der Waals surface area contributed by atoms with E-state index in [0.29, 0.717) is 5.95 Å². The maximum atomic E-state index is 6.01. The lowest BCUT2D eigenvalue weighted by atomic mass is 10.1. The monoisotopic (exact) mass is 285 g/mol. The number of nitrogens with two attached hydrogens (primary N) is 1. The van der Waals surface area contributed by atoms with E-state index in [9.17, 15) is 0 Å². The van der Waals surface area contributed by atoms with Crippen LogP contribution in [-0.4, -0.2) is 9.55 Å². The molecule has 3 nitrogen and oxygen atoms in total. The minimum absolute atomic E-state index is 0.648. The summed E-state index contributed by atoms with van der Waals surface area (Å²) in [4.78, 5) is 4.47. The van der Waals surface area contributed by atoms with Gasteiger partial charge in [0, 0.05) is 19.2 Å². The van der Waals surface area contributed by atoms with Gasteiger partial charge in [-0.25, -0.2) is 4.98 Å². The SMILES string of the molecule is CCCCCCCCn1cc(Cc2ccccc2)nc1N. The van der Waals surface area contributed by atoms with E-state index in [-0.39, 0.29) is 0 Å². The van der Waals surface area contributed by atoms with Crippen molar-refractivity contribution in [3.8, 4) is 0 Å². The van der Waals surface area contributed by atoms with Crippen molar-refractivity contribution in [2.75, 3.05) is 5.73 Å². The molecule has 0 spiro atoms. The zero-order valence-corrected chi connectivity index (χ0v) is 13.1. The molecule has 0 saturated carbocycles. The van der Waals surface area contributed by atoms with Crippen molar-refractivity contribution in [1.29, 1.82) is 0 Å². The predicted molar refractivity (Wildman–Crippen MR) is 89.3 cm³/mol. The lowest BCUT2D eigenvalue weighted by Gasteiger charge is -2.04. The van der Waals surface area contributed by atoms with Crippen LogP contribution in [-0.2, 0) is 13.0 Å². The number of nitrogen functional groups attached to an aromatic ring is 1. The number of benzene rings is 1. The molecule has 0 aliphatic heterocycles.